The zero-order valence-corrected chi connectivity index (χ0v) is 29.5. The lowest BCUT2D eigenvalue weighted by molar-refractivity contribution is -0.151. The van der Waals surface area contributed by atoms with Gasteiger partial charge in [-0.3, -0.25) is 14.5 Å². The van der Waals surface area contributed by atoms with Gasteiger partial charge in [0.15, 0.2) is 5.82 Å². The molecule has 4 aliphatic carbocycles. The van der Waals surface area contributed by atoms with Gasteiger partial charge in [-0.15, -0.1) is 0 Å². The van der Waals surface area contributed by atoms with E-state index in [1.54, 1.807) is 0 Å². The molecule has 13 heteroatoms. The average molecular weight is 726 g/mol. The van der Waals surface area contributed by atoms with Crippen molar-refractivity contribution in [2.24, 2.45) is 23.7 Å². The fourth-order valence-electron chi connectivity index (χ4n) is 9.72. The van der Waals surface area contributed by atoms with E-state index < -0.39 is 29.4 Å². The van der Waals surface area contributed by atoms with Gasteiger partial charge >= 0.3 is 5.97 Å². The molecule has 9 nitrogen and oxygen atoms in total. The number of aromatic nitrogens is 3. The summed E-state index contributed by atoms with van der Waals surface area (Å²) in [7, 11) is 0. The molecule has 4 saturated carbocycles. The Hall–Kier alpha value is -3.74. The SMILES string of the molecule is CC(F)(F)c1nc(-c2cn(C3CC3)c3cc(O[C@H]4CC[C@H](N5CC(F)(F)C5)CC4)ccc23)ncc1C(=O)NCC1CC2CC(CC(=O)O)CC(C1)C2. The Labute approximate surface area is 300 Å². The first kappa shape index (κ1) is 35.3. The van der Waals surface area contributed by atoms with Crippen LogP contribution in [0.1, 0.15) is 106 Å². The molecule has 2 aromatic heterocycles. The van der Waals surface area contributed by atoms with Crippen molar-refractivity contribution >= 4 is 22.8 Å². The summed E-state index contributed by atoms with van der Waals surface area (Å²) >= 11 is 0. The predicted molar refractivity (Wildman–Crippen MR) is 186 cm³/mol. The van der Waals surface area contributed by atoms with Gasteiger partial charge in [0.25, 0.3) is 17.8 Å². The van der Waals surface area contributed by atoms with Crippen LogP contribution in [0.5, 0.6) is 5.75 Å². The number of likely N-dealkylation sites (tertiary alicyclic amines) is 1. The van der Waals surface area contributed by atoms with Crippen molar-refractivity contribution in [3.05, 3.63) is 41.9 Å². The van der Waals surface area contributed by atoms with Gasteiger partial charge in [0.2, 0.25) is 0 Å². The number of carboxylic acids is 1. The molecule has 1 amide bonds. The summed E-state index contributed by atoms with van der Waals surface area (Å²) in [6.45, 7) is 0.802. The van der Waals surface area contributed by atoms with Crippen molar-refractivity contribution in [1.82, 2.24) is 24.8 Å². The van der Waals surface area contributed by atoms with Gasteiger partial charge in [-0.25, -0.2) is 18.7 Å². The van der Waals surface area contributed by atoms with Crippen molar-refractivity contribution in [3.8, 4) is 17.1 Å². The van der Waals surface area contributed by atoms with Gasteiger partial charge in [0.05, 0.1) is 30.3 Å². The minimum absolute atomic E-state index is 0.00964. The second kappa shape index (κ2) is 13.6. The Morgan fingerprint density at radius 3 is 2.29 bits per heavy atom. The number of benzene rings is 1. The summed E-state index contributed by atoms with van der Waals surface area (Å²) in [6.07, 6.45) is 13.2. The Bertz CT molecular complexity index is 1810. The van der Waals surface area contributed by atoms with Crippen molar-refractivity contribution in [2.75, 3.05) is 19.6 Å². The molecule has 3 aromatic rings. The average Bonchev–Trinajstić information content (AvgIpc) is 3.85. The summed E-state index contributed by atoms with van der Waals surface area (Å²) in [4.78, 5) is 35.3. The van der Waals surface area contributed by atoms with E-state index in [0.29, 0.717) is 29.7 Å². The normalized spacial score (nSPS) is 29.0. The standard InChI is InChI=1S/C39H47F4N5O4/c1-38(40,41)35-31(37(51)45-17-25-13-22-10-23(14-25)12-24(11-22)15-34(49)50)18-44-36(46-35)32-19-48(27-2-3-27)33-16-29(8-9-30(32)33)52-28-6-4-26(5-7-28)47-20-39(42,43)21-47/h8-9,16,18-19,22-28H,2-7,10-15,17,20-21H2,1H3,(H,45,51)(H,49,50)/t22?,23?,24?,25?,26-,28-. The summed E-state index contributed by atoms with van der Waals surface area (Å²) in [6, 6.07) is 6.20. The fraction of sp³-hybridized carbons (Fsp3) is 0.641. The maximum absolute atomic E-state index is 15.1. The molecule has 52 heavy (non-hydrogen) atoms. The van der Waals surface area contributed by atoms with Crippen LogP contribution >= 0.6 is 0 Å². The number of carbonyl (C=O) groups excluding carboxylic acids is 1. The fourth-order valence-corrected chi connectivity index (χ4v) is 9.72. The van der Waals surface area contributed by atoms with E-state index >= 15 is 8.78 Å². The lowest BCUT2D eigenvalue weighted by Crippen LogP contribution is -2.60. The molecular formula is C39H47F4N5O4. The van der Waals surface area contributed by atoms with Crippen molar-refractivity contribution in [3.63, 3.8) is 0 Å². The zero-order chi connectivity index (χ0) is 36.4. The highest BCUT2D eigenvalue weighted by molar-refractivity contribution is 5.97. The van der Waals surface area contributed by atoms with E-state index in [0.717, 1.165) is 88.5 Å². The van der Waals surface area contributed by atoms with Gasteiger partial charge in [-0.2, -0.15) is 8.78 Å². The highest BCUT2D eigenvalue weighted by atomic mass is 19.3. The third-order valence-corrected chi connectivity index (χ3v) is 12.1. The molecule has 0 radical (unpaired) electrons. The zero-order valence-electron chi connectivity index (χ0n) is 29.5. The van der Waals surface area contributed by atoms with Gasteiger partial charge in [-0.05, 0) is 106 Å². The number of aliphatic carboxylic acids is 1. The van der Waals surface area contributed by atoms with E-state index in [2.05, 4.69) is 19.9 Å². The van der Waals surface area contributed by atoms with E-state index in [1.807, 2.05) is 29.3 Å². The monoisotopic (exact) mass is 725 g/mol. The highest BCUT2D eigenvalue weighted by Crippen LogP contribution is 2.46. The number of halogens is 4. The maximum atomic E-state index is 15.1. The van der Waals surface area contributed by atoms with Gasteiger partial charge in [-0.1, -0.05) is 0 Å². The van der Waals surface area contributed by atoms with Crippen molar-refractivity contribution in [1.29, 1.82) is 0 Å². The molecule has 2 N–H and O–H groups in total. The van der Waals surface area contributed by atoms with E-state index in [4.69, 9.17) is 4.74 Å². The van der Waals surface area contributed by atoms with Crippen molar-refractivity contribution in [2.45, 2.75) is 114 Å². The number of hydrogen-bond donors (Lipinski definition) is 2. The Balaban J connectivity index is 0.961. The molecule has 0 spiro atoms. The summed E-state index contributed by atoms with van der Waals surface area (Å²) in [5, 5.41) is 12.9. The van der Waals surface area contributed by atoms with Gasteiger partial charge in [0.1, 0.15) is 11.4 Å². The summed E-state index contributed by atoms with van der Waals surface area (Å²) < 4.78 is 65.5. The quantitative estimate of drug-likeness (QED) is 0.194. The Morgan fingerprint density at radius 2 is 1.65 bits per heavy atom. The molecule has 1 saturated heterocycles. The molecule has 3 heterocycles. The first-order chi connectivity index (χ1) is 24.8. The second-order valence-corrected chi connectivity index (χ2v) is 16.5. The number of carbonyl (C=O) groups is 2. The van der Waals surface area contributed by atoms with E-state index in [9.17, 15) is 23.5 Å². The largest absolute Gasteiger partial charge is 0.490 e. The van der Waals surface area contributed by atoms with Crippen LogP contribution in [0.2, 0.25) is 0 Å². The number of amides is 1. The summed E-state index contributed by atoms with van der Waals surface area (Å²) in [5.74, 6) is -5.26. The van der Waals surface area contributed by atoms with Crippen LogP contribution in [-0.4, -0.2) is 74.1 Å². The van der Waals surface area contributed by atoms with Gasteiger partial charge in [0, 0.05) is 61.4 Å². The Morgan fingerprint density at radius 1 is 0.981 bits per heavy atom. The minimum Gasteiger partial charge on any atom is -0.490 e. The van der Waals surface area contributed by atoms with Crippen LogP contribution < -0.4 is 10.1 Å². The van der Waals surface area contributed by atoms with Gasteiger partial charge < -0.3 is 19.7 Å². The molecule has 2 bridgehead atoms. The van der Waals surface area contributed by atoms with Crippen LogP contribution in [0.15, 0.2) is 30.6 Å². The van der Waals surface area contributed by atoms with Crippen LogP contribution in [0.3, 0.4) is 0 Å². The summed E-state index contributed by atoms with van der Waals surface area (Å²) in [5.41, 5.74) is 0.644. The molecular weight excluding hydrogens is 678 g/mol. The number of nitrogens with zero attached hydrogens (tertiary/aromatic N) is 4. The molecule has 2 unspecified atom stereocenters. The topological polar surface area (TPSA) is 110 Å². The third-order valence-electron chi connectivity index (χ3n) is 12.1. The maximum Gasteiger partial charge on any atom is 0.303 e. The lowest BCUT2D eigenvalue weighted by Gasteiger charge is -2.46. The molecule has 2 atom stereocenters. The van der Waals surface area contributed by atoms with Crippen LogP contribution in [0.25, 0.3) is 22.3 Å². The third kappa shape index (κ3) is 7.52. The molecule has 5 aliphatic rings. The number of carboxylic acid groups (broad SMARTS) is 1. The smallest absolute Gasteiger partial charge is 0.303 e. The molecule has 280 valence electrons. The number of ether oxygens (including phenoxy) is 1. The number of alkyl halides is 4. The molecule has 1 aliphatic heterocycles. The van der Waals surface area contributed by atoms with E-state index in [1.165, 1.54) is 6.20 Å². The molecule has 5 fully saturated rings. The molecule has 8 rings (SSSR count). The number of hydrogen-bond acceptors (Lipinski definition) is 6. The first-order valence-corrected chi connectivity index (χ1v) is 19.0. The second-order valence-electron chi connectivity index (χ2n) is 16.5. The minimum atomic E-state index is -3.39. The van der Waals surface area contributed by atoms with Crippen LogP contribution in [-0.2, 0) is 10.7 Å². The predicted octanol–water partition coefficient (Wildman–Crippen LogP) is 7.83. The van der Waals surface area contributed by atoms with E-state index in [-0.39, 0.29) is 60.9 Å². The highest BCUT2D eigenvalue weighted by Gasteiger charge is 2.47. The lowest BCUT2D eigenvalue weighted by atomic mass is 9.64. The number of fused-ring (bicyclic) bond motifs is 3. The first-order valence-electron chi connectivity index (χ1n) is 19.0. The molecule has 1 aromatic carbocycles. The number of nitrogens with one attached hydrogen (secondary N) is 1. The van der Waals surface area contributed by atoms with Crippen molar-refractivity contribution < 1.29 is 37.0 Å². The van der Waals surface area contributed by atoms with Crippen LogP contribution in [0.4, 0.5) is 17.6 Å². The number of rotatable bonds is 11. The van der Waals surface area contributed by atoms with Crippen LogP contribution in [0, 0.1) is 23.7 Å². The Kier molecular flexibility index (Phi) is 9.23.